The number of hydrogen-bond donors (Lipinski definition) is 1. The summed E-state index contributed by atoms with van der Waals surface area (Å²) in [7, 11) is 1.87. The highest BCUT2D eigenvalue weighted by Crippen LogP contribution is 2.39. The van der Waals surface area contributed by atoms with Crippen molar-refractivity contribution in [2.45, 2.75) is 58.4 Å². The summed E-state index contributed by atoms with van der Waals surface area (Å²) in [6, 6.07) is 7.73. The van der Waals surface area contributed by atoms with Crippen LogP contribution in [0.25, 0.3) is 0 Å². The monoisotopic (exact) mass is 415 g/mol. The molecule has 2 heterocycles. The van der Waals surface area contributed by atoms with E-state index in [2.05, 4.69) is 12.1 Å². The number of fused-ring (bicyclic) bond motifs is 1. The van der Waals surface area contributed by atoms with Crippen LogP contribution in [0.4, 0.5) is 0 Å². The molecule has 0 saturated carbocycles. The minimum Gasteiger partial charge on any atom is -0.491 e. The van der Waals surface area contributed by atoms with Crippen LogP contribution < -0.4 is 10.5 Å². The van der Waals surface area contributed by atoms with Crippen LogP contribution in [0.1, 0.15) is 51.5 Å². The van der Waals surface area contributed by atoms with Gasteiger partial charge in [-0.05, 0) is 49.7 Å². The second kappa shape index (κ2) is 9.82. The quantitative estimate of drug-likeness (QED) is 0.806. The summed E-state index contributed by atoms with van der Waals surface area (Å²) in [5.41, 5.74) is 6.94. The number of nitrogens with zero attached hydrogens (tertiary/aromatic N) is 2. The molecule has 2 aliphatic rings. The fraction of sp³-hybridized carbons (Fsp3) is 0.667. The van der Waals surface area contributed by atoms with Crippen LogP contribution in [0.5, 0.6) is 5.75 Å². The van der Waals surface area contributed by atoms with Crippen molar-refractivity contribution in [2.75, 3.05) is 33.3 Å². The minimum absolute atomic E-state index is 0.0128. The highest BCUT2D eigenvalue weighted by atomic mass is 16.5. The first-order chi connectivity index (χ1) is 14.3. The average Bonchev–Trinajstić information content (AvgIpc) is 2.75. The van der Waals surface area contributed by atoms with Crippen LogP contribution in [-0.2, 0) is 16.0 Å². The van der Waals surface area contributed by atoms with E-state index in [4.69, 9.17) is 10.5 Å². The molecule has 1 spiro atoms. The normalized spacial score (nSPS) is 21.4. The molecule has 30 heavy (non-hydrogen) atoms. The van der Waals surface area contributed by atoms with E-state index in [0.717, 1.165) is 31.4 Å². The average molecular weight is 416 g/mol. The molecule has 1 aromatic carbocycles. The summed E-state index contributed by atoms with van der Waals surface area (Å²) in [6.07, 6.45) is 5.28. The van der Waals surface area contributed by atoms with E-state index >= 15 is 0 Å². The van der Waals surface area contributed by atoms with Crippen LogP contribution in [0.3, 0.4) is 0 Å². The molecule has 0 radical (unpaired) electrons. The number of para-hydroxylation sites is 1. The van der Waals surface area contributed by atoms with Crippen molar-refractivity contribution >= 4 is 11.8 Å². The van der Waals surface area contributed by atoms with Gasteiger partial charge in [0.05, 0.1) is 18.0 Å². The van der Waals surface area contributed by atoms with E-state index in [1.54, 1.807) is 0 Å². The van der Waals surface area contributed by atoms with Crippen molar-refractivity contribution in [1.29, 1.82) is 0 Å². The maximum Gasteiger partial charge on any atom is 0.239 e. The van der Waals surface area contributed by atoms with Gasteiger partial charge in [0.2, 0.25) is 11.8 Å². The van der Waals surface area contributed by atoms with Gasteiger partial charge in [-0.1, -0.05) is 38.5 Å². The molecule has 2 aliphatic heterocycles. The molecule has 0 aromatic heterocycles. The number of likely N-dealkylation sites (N-methyl/N-ethyl adjacent to an activating group) is 1. The van der Waals surface area contributed by atoms with E-state index in [-0.39, 0.29) is 23.1 Å². The molecule has 1 aromatic rings. The Morgan fingerprint density at radius 3 is 2.50 bits per heavy atom. The maximum absolute atomic E-state index is 13.4. The lowest BCUT2D eigenvalue weighted by molar-refractivity contribution is -0.149. The number of amides is 2. The molecule has 6 nitrogen and oxygen atoms in total. The number of benzene rings is 1. The minimum atomic E-state index is -0.467. The molecule has 166 valence electrons. The highest BCUT2D eigenvalue weighted by molar-refractivity contribution is 5.84. The third kappa shape index (κ3) is 4.97. The fourth-order valence-electron chi connectivity index (χ4n) is 4.65. The Morgan fingerprint density at radius 2 is 1.80 bits per heavy atom. The predicted molar refractivity (Wildman–Crippen MR) is 118 cm³/mol. The van der Waals surface area contributed by atoms with E-state index in [1.165, 1.54) is 5.56 Å². The van der Waals surface area contributed by atoms with Gasteiger partial charge in [0, 0.05) is 20.1 Å². The summed E-state index contributed by atoms with van der Waals surface area (Å²) >= 11 is 0. The molecule has 1 fully saturated rings. The molecule has 2 N–H and O–H groups in total. The fourth-order valence-corrected chi connectivity index (χ4v) is 4.65. The lowest BCUT2D eigenvalue weighted by Crippen LogP contribution is -2.54. The number of rotatable bonds is 2. The zero-order valence-corrected chi connectivity index (χ0v) is 18.7. The standard InChI is InChI=1S/C24H37N3O3/c1-18(2)21(25)22(28)27-14-12-24(13-15-27)11-7-6-9-19-8-4-5-10-20(19)30-17-16-26(3)23(24)29/h4-5,8,10,18,21H,6-7,9,11-17,25H2,1-3H3/t21-/m1/s1. The van der Waals surface area contributed by atoms with Gasteiger partial charge >= 0.3 is 0 Å². The summed E-state index contributed by atoms with van der Waals surface area (Å²) in [6.45, 7) is 6.22. The van der Waals surface area contributed by atoms with Gasteiger partial charge in [0.25, 0.3) is 0 Å². The van der Waals surface area contributed by atoms with E-state index < -0.39 is 6.04 Å². The van der Waals surface area contributed by atoms with E-state index in [9.17, 15) is 9.59 Å². The number of carbonyl (C=O) groups excluding carboxylic acids is 2. The van der Waals surface area contributed by atoms with Gasteiger partial charge in [0.15, 0.2) is 0 Å². The van der Waals surface area contributed by atoms with Gasteiger partial charge in [-0.2, -0.15) is 0 Å². The maximum atomic E-state index is 13.4. The Kier molecular flexibility index (Phi) is 7.40. The second-order valence-electron chi connectivity index (χ2n) is 9.27. The van der Waals surface area contributed by atoms with Crippen molar-refractivity contribution in [3.05, 3.63) is 29.8 Å². The first-order valence-corrected chi connectivity index (χ1v) is 11.3. The number of likely N-dealkylation sites (tertiary alicyclic amines) is 1. The topological polar surface area (TPSA) is 75.9 Å². The molecular formula is C24H37N3O3. The summed E-state index contributed by atoms with van der Waals surface area (Å²) in [5.74, 6) is 1.26. The smallest absolute Gasteiger partial charge is 0.239 e. The Bertz CT molecular complexity index is 741. The van der Waals surface area contributed by atoms with Gasteiger partial charge in [0.1, 0.15) is 12.4 Å². The molecule has 2 amide bonds. The SMILES string of the molecule is CC(C)[C@@H](N)C(=O)N1CCC2(CCCCc3ccccc3OCCN(C)C2=O)CC1. The van der Waals surface area contributed by atoms with Crippen LogP contribution in [0.15, 0.2) is 24.3 Å². The van der Waals surface area contributed by atoms with Gasteiger partial charge in [-0.25, -0.2) is 0 Å². The van der Waals surface area contributed by atoms with Crippen LogP contribution >= 0.6 is 0 Å². The molecule has 3 rings (SSSR count). The van der Waals surface area contributed by atoms with E-state index in [0.29, 0.717) is 39.1 Å². The summed E-state index contributed by atoms with van der Waals surface area (Å²) in [5, 5.41) is 0. The van der Waals surface area contributed by atoms with Crippen molar-refractivity contribution < 1.29 is 14.3 Å². The van der Waals surface area contributed by atoms with Gasteiger partial charge < -0.3 is 20.3 Å². The van der Waals surface area contributed by atoms with Crippen molar-refractivity contribution in [3.63, 3.8) is 0 Å². The number of nitrogens with two attached hydrogens (primary N) is 1. The zero-order chi connectivity index (χ0) is 21.7. The van der Waals surface area contributed by atoms with Crippen LogP contribution in [0, 0.1) is 11.3 Å². The molecule has 1 atom stereocenters. The second-order valence-corrected chi connectivity index (χ2v) is 9.27. The molecular weight excluding hydrogens is 378 g/mol. The van der Waals surface area contributed by atoms with Crippen LogP contribution in [-0.4, -0.2) is 60.9 Å². The summed E-state index contributed by atoms with van der Waals surface area (Å²) in [4.78, 5) is 29.8. The van der Waals surface area contributed by atoms with Crippen molar-refractivity contribution in [3.8, 4) is 5.75 Å². The number of aryl methyl sites for hydroxylation is 1. The molecule has 0 unspecified atom stereocenters. The third-order valence-electron chi connectivity index (χ3n) is 6.84. The molecule has 1 saturated heterocycles. The van der Waals surface area contributed by atoms with Crippen molar-refractivity contribution in [1.82, 2.24) is 9.80 Å². The van der Waals surface area contributed by atoms with Gasteiger partial charge in [-0.15, -0.1) is 0 Å². The highest BCUT2D eigenvalue weighted by Gasteiger charge is 2.43. The first kappa shape index (κ1) is 22.6. The van der Waals surface area contributed by atoms with Crippen LogP contribution in [0.2, 0.25) is 0 Å². The van der Waals surface area contributed by atoms with Crippen molar-refractivity contribution in [2.24, 2.45) is 17.1 Å². The third-order valence-corrected chi connectivity index (χ3v) is 6.84. The number of carbonyl (C=O) groups is 2. The lowest BCUT2D eigenvalue weighted by atomic mass is 9.73. The lowest BCUT2D eigenvalue weighted by Gasteiger charge is -2.43. The first-order valence-electron chi connectivity index (χ1n) is 11.3. The Balaban J connectivity index is 1.70. The number of ether oxygens (including phenoxy) is 1. The molecule has 0 aliphatic carbocycles. The largest absolute Gasteiger partial charge is 0.491 e. The Morgan fingerprint density at radius 1 is 1.10 bits per heavy atom. The van der Waals surface area contributed by atoms with E-state index in [1.807, 2.05) is 42.8 Å². The Hall–Kier alpha value is -2.08. The molecule has 0 bridgehead atoms. The zero-order valence-electron chi connectivity index (χ0n) is 18.7. The number of piperidine rings is 1. The van der Waals surface area contributed by atoms with Gasteiger partial charge in [-0.3, -0.25) is 9.59 Å². The molecule has 6 heteroatoms. The summed E-state index contributed by atoms with van der Waals surface area (Å²) < 4.78 is 5.99. The Labute approximate surface area is 180 Å². The number of hydrogen-bond acceptors (Lipinski definition) is 4. The predicted octanol–water partition coefficient (Wildman–Crippen LogP) is 2.84.